The average Bonchev–Trinajstić information content (AvgIpc) is 3.61. The van der Waals surface area contributed by atoms with E-state index in [9.17, 15) is 4.11 Å². The molecule has 0 saturated carbocycles. The van der Waals surface area contributed by atoms with Gasteiger partial charge in [0.25, 0.3) is 0 Å². The van der Waals surface area contributed by atoms with Gasteiger partial charge in [-0.2, -0.15) is 0 Å². The lowest BCUT2D eigenvalue weighted by Gasteiger charge is -2.21. The molecule has 43 heavy (non-hydrogen) atoms. The molecule has 0 saturated heterocycles. The molecule has 7 aromatic carbocycles. The average molecular weight is 564 g/mol. The first-order chi connectivity index (χ1) is 27.6. The first kappa shape index (κ1) is 14.0. The Labute approximate surface area is 271 Å². The van der Waals surface area contributed by atoms with Gasteiger partial charge in [-0.1, -0.05) is 140 Å². The Balaban J connectivity index is 1.54. The molecule has 0 N–H and O–H groups in total. The lowest BCUT2D eigenvalue weighted by Crippen LogP contribution is -1.96. The molecule has 0 aliphatic heterocycles. The van der Waals surface area contributed by atoms with E-state index in [1.54, 1.807) is 24.3 Å². The van der Waals surface area contributed by atoms with Crippen LogP contribution in [0.3, 0.4) is 0 Å². The molecule has 8 aromatic rings. The van der Waals surface area contributed by atoms with E-state index in [1.165, 1.54) is 0 Å². The Kier molecular flexibility index (Phi) is 3.26. The van der Waals surface area contributed by atoms with E-state index >= 15 is 0 Å². The third-order valence-corrected chi connectivity index (χ3v) is 7.67. The maximum Gasteiger partial charge on any atom is 0.136 e. The second-order valence-electron chi connectivity index (χ2n) is 9.93. The Morgan fingerprint density at radius 3 is 2.00 bits per heavy atom. The molecule has 0 fully saturated rings. The molecule has 0 aliphatic carbocycles. The minimum Gasteiger partial charge on any atom is -0.456 e. The van der Waals surface area contributed by atoms with Crippen LogP contribution < -0.4 is 0 Å². The first-order valence-electron chi connectivity index (χ1n) is 21.0. The molecule has 0 bridgehead atoms. The van der Waals surface area contributed by atoms with Gasteiger partial charge in [0.2, 0.25) is 0 Å². The van der Waals surface area contributed by atoms with Gasteiger partial charge in [0.1, 0.15) is 11.2 Å². The summed E-state index contributed by atoms with van der Waals surface area (Å²) in [5, 5.41) is 0.524. The van der Waals surface area contributed by atoms with Gasteiger partial charge in [0, 0.05) is 10.8 Å². The third kappa shape index (κ3) is 3.94. The molecule has 0 aliphatic rings. The summed E-state index contributed by atoms with van der Waals surface area (Å²) >= 11 is 0. The molecule has 202 valence electrons. The smallest absolute Gasteiger partial charge is 0.136 e. The number of para-hydroxylation sites is 1. The second-order valence-corrected chi connectivity index (χ2v) is 9.93. The Bertz CT molecular complexity index is 3150. The Morgan fingerprint density at radius 1 is 0.558 bits per heavy atom. The molecule has 1 aromatic heterocycles. The van der Waals surface area contributed by atoms with E-state index in [1.807, 2.05) is 42.5 Å². The van der Waals surface area contributed by atoms with Crippen molar-refractivity contribution in [2.45, 2.75) is 0 Å². The molecule has 0 atom stereocenters. The van der Waals surface area contributed by atoms with Gasteiger partial charge < -0.3 is 4.42 Å². The topological polar surface area (TPSA) is 13.1 Å². The van der Waals surface area contributed by atoms with Crippen molar-refractivity contribution in [2.75, 3.05) is 0 Å². The van der Waals surface area contributed by atoms with Gasteiger partial charge in [0.05, 0.1) is 20.6 Å². The molecule has 0 radical (unpaired) electrons. The van der Waals surface area contributed by atoms with E-state index in [2.05, 4.69) is 0 Å². The van der Waals surface area contributed by atoms with Crippen LogP contribution in [-0.4, -0.2) is 0 Å². The van der Waals surface area contributed by atoms with Crippen molar-refractivity contribution in [1.29, 1.82) is 0 Å². The number of hydrogen-bond donors (Lipinski definition) is 0. The van der Waals surface area contributed by atoms with Gasteiger partial charge in [0.15, 0.2) is 0 Å². The summed E-state index contributed by atoms with van der Waals surface area (Å²) in [6.07, 6.45) is 0. The monoisotopic (exact) mass is 563 g/mol. The van der Waals surface area contributed by atoms with Crippen LogP contribution in [-0.2, 0) is 0 Å². The minimum absolute atomic E-state index is 0.00100. The SMILES string of the molecule is [2H]C=C([2H])c1c(C([2H])=C[2H])c(-c2c([2H])c([2H])c([2H])c3c([2H])c([2H])c([2H])c([2H])c23)c2c([2H])c([2H])c([2H])c([2H])c2c1-c1ccc(-c2ccc3c(c2)oc2ccccc23)cc1. The van der Waals surface area contributed by atoms with Crippen LogP contribution in [0, 0.1) is 0 Å². The zero-order chi connectivity index (χ0) is 41.6. The molecule has 0 spiro atoms. The highest BCUT2D eigenvalue weighted by molar-refractivity contribution is 6.15. The van der Waals surface area contributed by atoms with Crippen LogP contribution in [0.5, 0.6) is 0 Å². The number of rotatable bonds is 5. The van der Waals surface area contributed by atoms with Crippen LogP contribution in [0.4, 0.5) is 0 Å². The van der Waals surface area contributed by atoms with Crippen molar-refractivity contribution in [3.8, 4) is 33.4 Å². The van der Waals surface area contributed by atoms with Crippen LogP contribution in [0.1, 0.15) is 31.7 Å². The van der Waals surface area contributed by atoms with Gasteiger partial charge in [-0.25, -0.2) is 0 Å². The Hall–Kier alpha value is -5.66. The van der Waals surface area contributed by atoms with E-state index in [4.69, 9.17) is 20.9 Å². The highest BCUT2D eigenvalue weighted by Gasteiger charge is 2.20. The van der Waals surface area contributed by atoms with Gasteiger partial charge in [-0.05, 0) is 84.3 Å². The van der Waals surface area contributed by atoms with Crippen LogP contribution in [0.15, 0.2) is 151 Å². The van der Waals surface area contributed by atoms with Gasteiger partial charge >= 0.3 is 0 Å². The van der Waals surface area contributed by atoms with Crippen LogP contribution in [0.25, 0.3) is 89.0 Å². The van der Waals surface area contributed by atoms with Crippen LogP contribution >= 0.6 is 0 Å². The van der Waals surface area contributed by atoms with E-state index in [0.29, 0.717) is 24.3 Å². The number of fused-ring (bicyclic) bond motifs is 5. The molecule has 0 amide bonds. The zero-order valence-corrected chi connectivity index (χ0v) is 22.4. The number of hydrogen-bond acceptors (Lipinski definition) is 1. The highest BCUT2D eigenvalue weighted by Crippen LogP contribution is 2.45. The van der Waals surface area contributed by atoms with Crippen molar-refractivity contribution in [3.63, 3.8) is 0 Å². The maximum absolute atomic E-state index is 9.27. The fraction of sp³-hybridized carbons (Fsp3) is 0. The quantitative estimate of drug-likeness (QED) is 0.203. The Morgan fingerprint density at radius 2 is 1.19 bits per heavy atom. The lowest BCUT2D eigenvalue weighted by atomic mass is 9.82. The summed E-state index contributed by atoms with van der Waals surface area (Å²) in [4.78, 5) is 0. The van der Waals surface area contributed by atoms with Crippen molar-refractivity contribution in [1.82, 2.24) is 0 Å². The summed E-state index contributed by atoms with van der Waals surface area (Å²) in [7, 11) is 0. The molecule has 0 unspecified atom stereocenters. The number of benzene rings is 7. The summed E-state index contributed by atoms with van der Waals surface area (Å²) in [5.41, 5.74) is 1.81. The van der Waals surface area contributed by atoms with Gasteiger partial charge in [-0.15, -0.1) is 0 Å². The lowest BCUT2D eigenvalue weighted by molar-refractivity contribution is 0.669. The predicted molar refractivity (Wildman–Crippen MR) is 185 cm³/mol. The molecule has 1 heterocycles. The zero-order valence-electron chi connectivity index (χ0n) is 37.4. The largest absolute Gasteiger partial charge is 0.456 e. The van der Waals surface area contributed by atoms with Gasteiger partial charge in [-0.3, -0.25) is 0 Å². The summed E-state index contributed by atoms with van der Waals surface area (Å²) in [5.74, 6) is 0. The van der Waals surface area contributed by atoms with Crippen molar-refractivity contribution < 1.29 is 25.0 Å². The van der Waals surface area contributed by atoms with E-state index in [0.717, 1.165) is 27.5 Å². The molecule has 1 heteroatoms. The van der Waals surface area contributed by atoms with E-state index < -0.39 is 94.9 Å². The van der Waals surface area contributed by atoms with Crippen molar-refractivity contribution >= 4 is 55.6 Å². The van der Waals surface area contributed by atoms with Crippen molar-refractivity contribution in [3.05, 3.63) is 157 Å². The van der Waals surface area contributed by atoms with Crippen LogP contribution in [0.2, 0.25) is 0 Å². The standard InChI is InChI=1S/C42H28O/c1-3-31-32(4-2)42(36-18-11-13-28-12-5-6-14-33(28)36)38-17-8-7-16-37(38)41(31)29-22-20-27(21-23-29)30-24-25-35-34-15-9-10-19-39(34)43-40(35)26-30/h3-26H,1-2H2/i1D,2D,3D,4D,5D,6D,7D,8D,11D,12D,13D,14D,16D,17D,18D. The fourth-order valence-electron chi connectivity index (χ4n) is 5.75. The van der Waals surface area contributed by atoms with E-state index in [-0.39, 0.29) is 33.0 Å². The molecular weight excluding hydrogens is 520 g/mol. The molecular formula is C42H28O. The fourth-order valence-corrected chi connectivity index (χ4v) is 5.75. The summed E-state index contributed by atoms with van der Waals surface area (Å²) in [6.45, 7) is 1.27. The minimum atomic E-state index is -0.766. The van der Waals surface area contributed by atoms with Crippen molar-refractivity contribution in [2.24, 2.45) is 0 Å². The third-order valence-electron chi connectivity index (χ3n) is 7.67. The first-order valence-corrected chi connectivity index (χ1v) is 13.4. The highest BCUT2D eigenvalue weighted by atomic mass is 16.3. The second kappa shape index (κ2) is 10.0. The molecule has 1 nitrogen and oxygen atoms in total. The normalized spacial score (nSPS) is 17.3. The maximum atomic E-state index is 9.27. The molecule has 8 rings (SSSR count). The summed E-state index contributed by atoms with van der Waals surface area (Å²) in [6, 6.07) is 11.4. The number of furan rings is 1. The summed E-state index contributed by atoms with van der Waals surface area (Å²) < 4.78 is 138. The predicted octanol–water partition coefficient (Wildman–Crippen LogP) is 12.2.